The molecule has 1 heterocycles. The van der Waals surface area contributed by atoms with Crippen LogP contribution in [0.4, 0.5) is 11.4 Å². The number of anilines is 2. The number of hydrogen-bond donors (Lipinski definition) is 2. The largest absolute Gasteiger partial charge is 0.378 e. The van der Waals surface area contributed by atoms with E-state index in [2.05, 4.69) is 36.3 Å². The van der Waals surface area contributed by atoms with Crippen molar-refractivity contribution in [1.82, 2.24) is 5.32 Å². The number of rotatable bonds is 10. The number of aryl methyl sites for hydroxylation is 1. The summed E-state index contributed by atoms with van der Waals surface area (Å²) in [6.45, 7) is 9.45. The van der Waals surface area contributed by atoms with E-state index in [0.717, 1.165) is 62.5 Å². The van der Waals surface area contributed by atoms with E-state index in [-0.39, 0.29) is 17.7 Å². The van der Waals surface area contributed by atoms with Gasteiger partial charge in [0.25, 0.3) is 5.91 Å². The average Bonchev–Trinajstić information content (AvgIpc) is 2.83. The molecule has 1 atom stereocenters. The van der Waals surface area contributed by atoms with Gasteiger partial charge >= 0.3 is 0 Å². The fraction of sp³-hybridized carbons (Fsp3) is 0.481. The third-order valence-electron chi connectivity index (χ3n) is 5.90. The molecule has 1 aliphatic rings. The molecule has 0 spiro atoms. The Labute approximate surface area is 197 Å². The molecule has 1 saturated heterocycles. The van der Waals surface area contributed by atoms with Crippen molar-refractivity contribution >= 4 is 23.2 Å². The Morgan fingerprint density at radius 3 is 2.39 bits per heavy atom. The zero-order chi connectivity index (χ0) is 23.6. The van der Waals surface area contributed by atoms with Crippen LogP contribution in [0, 0.1) is 5.92 Å². The minimum Gasteiger partial charge on any atom is -0.378 e. The van der Waals surface area contributed by atoms with E-state index in [1.165, 1.54) is 0 Å². The van der Waals surface area contributed by atoms with Gasteiger partial charge in [0, 0.05) is 30.0 Å². The highest BCUT2D eigenvalue weighted by molar-refractivity contribution is 6.01. The number of nitrogens with zero attached hydrogens (tertiary/aromatic N) is 1. The number of ether oxygens (including phenoxy) is 1. The van der Waals surface area contributed by atoms with Crippen LogP contribution in [0.15, 0.2) is 48.5 Å². The smallest absolute Gasteiger partial charge is 0.252 e. The number of carbonyl (C=O) groups is 2. The zero-order valence-corrected chi connectivity index (χ0v) is 20.1. The van der Waals surface area contributed by atoms with Crippen molar-refractivity contribution in [2.45, 2.75) is 52.5 Å². The van der Waals surface area contributed by atoms with Crippen LogP contribution in [-0.4, -0.2) is 44.2 Å². The topological polar surface area (TPSA) is 70.7 Å². The number of carbonyl (C=O) groups excluding carboxylic acids is 2. The van der Waals surface area contributed by atoms with E-state index in [1.54, 1.807) is 0 Å². The van der Waals surface area contributed by atoms with Crippen LogP contribution in [0.5, 0.6) is 0 Å². The van der Waals surface area contributed by atoms with Crippen molar-refractivity contribution < 1.29 is 14.3 Å². The first kappa shape index (κ1) is 24.8. The molecule has 6 heteroatoms. The Kier molecular flexibility index (Phi) is 9.31. The third kappa shape index (κ3) is 7.32. The summed E-state index contributed by atoms with van der Waals surface area (Å²) in [5.41, 5.74) is 3.53. The molecular formula is C27H37N3O3. The predicted octanol–water partition coefficient (Wildman–Crippen LogP) is 4.65. The lowest BCUT2D eigenvalue weighted by molar-refractivity contribution is -0.118. The summed E-state index contributed by atoms with van der Waals surface area (Å²) < 4.78 is 5.41. The Balaban J connectivity index is 1.67. The van der Waals surface area contributed by atoms with Gasteiger partial charge in [0.15, 0.2) is 0 Å². The van der Waals surface area contributed by atoms with Gasteiger partial charge in [0.1, 0.15) is 6.04 Å². The first-order valence-corrected chi connectivity index (χ1v) is 12.1. The van der Waals surface area contributed by atoms with Gasteiger partial charge in [0.2, 0.25) is 5.91 Å². The Hall–Kier alpha value is -2.86. The first-order valence-electron chi connectivity index (χ1n) is 12.1. The van der Waals surface area contributed by atoms with Crippen molar-refractivity contribution in [3.63, 3.8) is 0 Å². The number of hydrogen-bond acceptors (Lipinski definition) is 4. The number of morpholine rings is 1. The summed E-state index contributed by atoms with van der Waals surface area (Å²) in [5, 5.41) is 5.98. The fourth-order valence-corrected chi connectivity index (χ4v) is 4.07. The molecule has 0 aliphatic carbocycles. The van der Waals surface area contributed by atoms with Gasteiger partial charge in [-0.3, -0.25) is 9.59 Å². The summed E-state index contributed by atoms with van der Waals surface area (Å²) in [4.78, 5) is 28.5. The monoisotopic (exact) mass is 451 g/mol. The maximum atomic E-state index is 13.1. The number of nitrogens with one attached hydrogen (secondary N) is 2. The molecule has 178 valence electrons. The summed E-state index contributed by atoms with van der Waals surface area (Å²) in [6, 6.07) is 14.9. The zero-order valence-electron chi connectivity index (χ0n) is 20.1. The van der Waals surface area contributed by atoms with Crippen molar-refractivity contribution in [3.05, 3.63) is 59.7 Å². The van der Waals surface area contributed by atoms with E-state index in [4.69, 9.17) is 4.74 Å². The molecule has 2 N–H and O–H groups in total. The second kappa shape index (κ2) is 12.4. The summed E-state index contributed by atoms with van der Waals surface area (Å²) in [7, 11) is 0. The van der Waals surface area contributed by atoms with E-state index < -0.39 is 6.04 Å². The van der Waals surface area contributed by atoms with E-state index >= 15 is 0 Å². The van der Waals surface area contributed by atoms with Crippen LogP contribution in [-0.2, 0) is 16.0 Å². The molecule has 2 amide bonds. The van der Waals surface area contributed by atoms with Gasteiger partial charge in [-0.25, -0.2) is 0 Å². The fourth-order valence-electron chi connectivity index (χ4n) is 4.07. The molecule has 33 heavy (non-hydrogen) atoms. The van der Waals surface area contributed by atoms with Crippen molar-refractivity contribution in [2.24, 2.45) is 5.92 Å². The lowest BCUT2D eigenvalue weighted by Crippen LogP contribution is -2.44. The molecule has 0 bridgehead atoms. The van der Waals surface area contributed by atoms with Crippen molar-refractivity contribution in [1.29, 1.82) is 0 Å². The van der Waals surface area contributed by atoms with Gasteiger partial charge < -0.3 is 20.3 Å². The molecule has 1 unspecified atom stereocenters. The van der Waals surface area contributed by atoms with Crippen molar-refractivity contribution in [2.75, 3.05) is 36.5 Å². The van der Waals surface area contributed by atoms with Crippen LogP contribution in [0.3, 0.4) is 0 Å². The van der Waals surface area contributed by atoms with Gasteiger partial charge in [0.05, 0.1) is 13.2 Å². The summed E-state index contributed by atoms with van der Waals surface area (Å²) >= 11 is 0. The maximum Gasteiger partial charge on any atom is 0.252 e. The molecular weight excluding hydrogens is 414 g/mol. The lowest BCUT2D eigenvalue weighted by atomic mass is 9.99. The van der Waals surface area contributed by atoms with Crippen LogP contribution < -0.4 is 15.5 Å². The third-order valence-corrected chi connectivity index (χ3v) is 5.90. The van der Waals surface area contributed by atoms with Gasteiger partial charge in [-0.05, 0) is 61.1 Å². The number of unbranched alkanes of at least 4 members (excludes halogenated alkanes) is 1. The predicted molar refractivity (Wildman–Crippen MR) is 134 cm³/mol. The van der Waals surface area contributed by atoms with Crippen molar-refractivity contribution in [3.8, 4) is 0 Å². The molecule has 0 saturated carbocycles. The van der Waals surface area contributed by atoms with E-state index in [0.29, 0.717) is 12.0 Å². The van der Waals surface area contributed by atoms with Gasteiger partial charge in [-0.15, -0.1) is 0 Å². The molecule has 0 radical (unpaired) electrons. The van der Waals surface area contributed by atoms with Crippen LogP contribution in [0.2, 0.25) is 0 Å². The molecule has 2 aromatic carbocycles. The van der Waals surface area contributed by atoms with Gasteiger partial charge in [-0.1, -0.05) is 45.4 Å². The highest BCUT2D eigenvalue weighted by atomic mass is 16.5. The van der Waals surface area contributed by atoms with Gasteiger partial charge in [-0.2, -0.15) is 0 Å². The highest BCUT2D eigenvalue weighted by Crippen LogP contribution is 2.20. The second-order valence-corrected chi connectivity index (χ2v) is 9.05. The summed E-state index contributed by atoms with van der Waals surface area (Å²) in [5.74, 6) is -0.118. The maximum absolute atomic E-state index is 13.1. The molecule has 6 nitrogen and oxygen atoms in total. The van der Waals surface area contributed by atoms with Crippen LogP contribution in [0.25, 0.3) is 0 Å². The number of benzene rings is 2. The first-order chi connectivity index (χ1) is 16.0. The Morgan fingerprint density at radius 2 is 1.73 bits per heavy atom. The second-order valence-electron chi connectivity index (χ2n) is 9.05. The van der Waals surface area contributed by atoms with E-state index in [1.807, 2.05) is 48.5 Å². The molecule has 0 aromatic heterocycles. The standard InChI is InChI=1S/C27H37N3O3/c1-4-5-8-21-9-6-7-10-24(21)26(31)29-25(19-20(2)3)27(32)28-22-11-13-23(14-12-22)30-15-17-33-18-16-30/h6-7,9-14,20,25H,4-5,8,15-19H2,1-3H3,(H,28,32)(H,29,31). The lowest BCUT2D eigenvalue weighted by Gasteiger charge is -2.29. The molecule has 1 aliphatic heterocycles. The van der Waals surface area contributed by atoms with Crippen LogP contribution >= 0.6 is 0 Å². The minimum atomic E-state index is -0.601. The van der Waals surface area contributed by atoms with Crippen LogP contribution in [0.1, 0.15) is 56.0 Å². The average molecular weight is 452 g/mol. The minimum absolute atomic E-state index is 0.190. The molecule has 2 aromatic rings. The summed E-state index contributed by atoms with van der Waals surface area (Å²) in [6.07, 6.45) is 3.52. The SMILES string of the molecule is CCCCc1ccccc1C(=O)NC(CC(C)C)C(=O)Nc1ccc(N2CCOCC2)cc1. The molecule has 3 rings (SSSR count). The molecule has 1 fully saturated rings. The number of amides is 2. The normalized spacial score (nSPS) is 14.7. The quantitative estimate of drug-likeness (QED) is 0.552. The Bertz CT molecular complexity index is 905. The Morgan fingerprint density at radius 1 is 1.03 bits per heavy atom. The van der Waals surface area contributed by atoms with E-state index in [9.17, 15) is 9.59 Å². The highest BCUT2D eigenvalue weighted by Gasteiger charge is 2.24.